The number of nitrogens with zero attached hydrogens (tertiary/aromatic N) is 1. The lowest BCUT2D eigenvalue weighted by atomic mass is 9.82. The highest BCUT2D eigenvalue weighted by Gasteiger charge is 2.37. The van der Waals surface area contributed by atoms with Crippen molar-refractivity contribution in [3.63, 3.8) is 0 Å². The van der Waals surface area contributed by atoms with E-state index in [1.54, 1.807) is 6.20 Å². The van der Waals surface area contributed by atoms with Gasteiger partial charge in [-0.25, -0.2) is 0 Å². The van der Waals surface area contributed by atoms with E-state index < -0.39 is 0 Å². The number of ether oxygens (including phenoxy) is 1. The Bertz CT molecular complexity index is 325. The summed E-state index contributed by atoms with van der Waals surface area (Å²) in [6, 6.07) is 2.66. The van der Waals surface area contributed by atoms with E-state index in [9.17, 15) is 0 Å². The number of aromatic amines is 1. The van der Waals surface area contributed by atoms with E-state index in [2.05, 4.69) is 15.5 Å². The third-order valence-corrected chi connectivity index (χ3v) is 3.89. The SMILES string of the molecule is c1cc(CNC2CCCC3OCCC23)[nH]n1. The molecule has 2 heterocycles. The number of hydrogen-bond donors (Lipinski definition) is 2. The van der Waals surface area contributed by atoms with Crippen LogP contribution in [0.4, 0.5) is 0 Å². The Hall–Kier alpha value is -0.870. The molecule has 1 aliphatic carbocycles. The number of fused-ring (bicyclic) bond motifs is 1. The van der Waals surface area contributed by atoms with Gasteiger partial charge in [0.2, 0.25) is 0 Å². The van der Waals surface area contributed by atoms with Crippen LogP contribution in [-0.4, -0.2) is 29.0 Å². The summed E-state index contributed by atoms with van der Waals surface area (Å²) < 4.78 is 5.76. The van der Waals surface area contributed by atoms with Crippen LogP contribution >= 0.6 is 0 Å². The van der Waals surface area contributed by atoms with Gasteiger partial charge in [-0.05, 0) is 31.7 Å². The zero-order valence-corrected chi connectivity index (χ0v) is 9.48. The van der Waals surface area contributed by atoms with Crippen LogP contribution in [0.3, 0.4) is 0 Å². The van der Waals surface area contributed by atoms with E-state index in [4.69, 9.17) is 4.74 Å². The first kappa shape index (κ1) is 10.3. The maximum atomic E-state index is 5.76. The molecule has 2 aliphatic rings. The number of H-pyrrole nitrogens is 1. The van der Waals surface area contributed by atoms with Crippen molar-refractivity contribution in [1.82, 2.24) is 15.5 Å². The zero-order chi connectivity index (χ0) is 10.8. The molecule has 0 radical (unpaired) electrons. The molecular formula is C12H19N3O. The van der Waals surface area contributed by atoms with Gasteiger partial charge in [-0.1, -0.05) is 0 Å². The monoisotopic (exact) mass is 221 g/mol. The average Bonchev–Trinajstić information content (AvgIpc) is 2.97. The third kappa shape index (κ3) is 1.99. The van der Waals surface area contributed by atoms with E-state index in [0.29, 0.717) is 12.1 Å². The lowest BCUT2D eigenvalue weighted by Crippen LogP contribution is -2.42. The number of aromatic nitrogens is 2. The van der Waals surface area contributed by atoms with Crippen LogP contribution in [0.15, 0.2) is 12.3 Å². The average molecular weight is 221 g/mol. The van der Waals surface area contributed by atoms with Gasteiger partial charge in [0.05, 0.1) is 6.10 Å². The maximum Gasteiger partial charge on any atom is 0.0619 e. The fourth-order valence-corrected chi connectivity index (χ4v) is 3.05. The van der Waals surface area contributed by atoms with Crippen molar-refractivity contribution >= 4 is 0 Å². The Kier molecular flexibility index (Phi) is 2.93. The molecule has 0 spiro atoms. The molecule has 1 saturated carbocycles. The van der Waals surface area contributed by atoms with Crippen molar-refractivity contribution < 1.29 is 4.74 Å². The summed E-state index contributed by atoms with van der Waals surface area (Å²) in [6.45, 7) is 1.85. The molecule has 2 N–H and O–H groups in total. The smallest absolute Gasteiger partial charge is 0.0619 e. The summed E-state index contributed by atoms with van der Waals surface area (Å²) in [6.07, 6.45) is 7.39. The van der Waals surface area contributed by atoms with E-state index in [1.165, 1.54) is 31.4 Å². The summed E-state index contributed by atoms with van der Waals surface area (Å²) in [5.41, 5.74) is 1.17. The Labute approximate surface area is 95.8 Å². The van der Waals surface area contributed by atoms with Gasteiger partial charge in [-0.3, -0.25) is 5.10 Å². The van der Waals surface area contributed by atoms with Crippen molar-refractivity contribution in [1.29, 1.82) is 0 Å². The van der Waals surface area contributed by atoms with Gasteiger partial charge in [0.15, 0.2) is 0 Å². The fraction of sp³-hybridized carbons (Fsp3) is 0.750. The highest BCUT2D eigenvalue weighted by atomic mass is 16.5. The molecule has 0 bridgehead atoms. The first-order chi connectivity index (χ1) is 7.93. The molecule has 0 amide bonds. The fourth-order valence-electron chi connectivity index (χ4n) is 3.05. The van der Waals surface area contributed by atoms with Crippen molar-refractivity contribution in [2.45, 2.75) is 44.4 Å². The first-order valence-electron chi connectivity index (χ1n) is 6.27. The van der Waals surface area contributed by atoms with Gasteiger partial charge in [-0.2, -0.15) is 5.10 Å². The maximum absolute atomic E-state index is 5.76. The minimum Gasteiger partial charge on any atom is -0.378 e. The van der Waals surface area contributed by atoms with Gasteiger partial charge in [0, 0.05) is 37.0 Å². The molecule has 3 unspecified atom stereocenters. The molecule has 1 aromatic heterocycles. The number of nitrogens with one attached hydrogen (secondary N) is 2. The van der Waals surface area contributed by atoms with Crippen LogP contribution in [-0.2, 0) is 11.3 Å². The van der Waals surface area contributed by atoms with Crippen LogP contribution < -0.4 is 5.32 Å². The number of hydrogen-bond acceptors (Lipinski definition) is 3. The second-order valence-electron chi connectivity index (χ2n) is 4.86. The summed E-state index contributed by atoms with van der Waals surface area (Å²) in [4.78, 5) is 0. The van der Waals surface area contributed by atoms with E-state index in [0.717, 1.165) is 19.1 Å². The Morgan fingerprint density at radius 2 is 2.44 bits per heavy atom. The zero-order valence-electron chi connectivity index (χ0n) is 9.48. The lowest BCUT2D eigenvalue weighted by molar-refractivity contribution is 0.0529. The topological polar surface area (TPSA) is 49.9 Å². The third-order valence-electron chi connectivity index (χ3n) is 3.89. The van der Waals surface area contributed by atoms with E-state index >= 15 is 0 Å². The van der Waals surface area contributed by atoms with Gasteiger partial charge in [-0.15, -0.1) is 0 Å². The van der Waals surface area contributed by atoms with Crippen molar-refractivity contribution in [3.8, 4) is 0 Å². The highest BCUT2D eigenvalue weighted by molar-refractivity contribution is 4.98. The summed E-state index contributed by atoms with van der Waals surface area (Å²) in [7, 11) is 0. The van der Waals surface area contributed by atoms with Gasteiger partial charge in [0.1, 0.15) is 0 Å². The van der Waals surface area contributed by atoms with Gasteiger partial charge in [0.25, 0.3) is 0 Å². The van der Waals surface area contributed by atoms with Crippen LogP contribution in [0, 0.1) is 5.92 Å². The summed E-state index contributed by atoms with van der Waals surface area (Å²) in [5.74, 6) is 0.733. The first-order valence-corrected chi connectivity index (χ1v) is 6.27. The van der Waals surface area contributed by atoms with E-state index in [-0.39, 0.29) is 0 Å². The quantitative estimate of drug-likeness (QED) is 0.812. The van der Waals surface area contributed by atoms with E-state index in [1.807, 2.05) is 6.07 Å². The Balaban J connectivity index is 1.57. The predicted octanol–water partition coefficient (Wildman–Crippen LogP) is 1.46. The molecule has 3 atom stereocenters. The molecule has 1 aliphatic heterocycles. The van der Waals surface area contributed by atoms with Crippen molar-refractivity contribution in [2.75, 3.05) is 6.61 Å². The lowest BCUT2D eigenvalue weighted by Gasteiger charge is -2.33. The van der Waals surface area contributed by atoms with Gasteiger partial charge >= 0.3 is 0 Å². The van der Waals surface area contributed by atoms with Crippen LogP contribution in [0.5, 0.6) is 0 Å². The molecule has 4 nitrogen and oxygen atoms in total. The largest absolute Gasteiger partial charge is 0.378 e. The summed E-state index contributed by atoms with van der Waals surface area (Å²) >= 11 is 0. The molecule has 3 rings (SSSR count). The predicted molar refractivity (Wildman–Crippen MR) is 60.9 cm³/mol. The van der Waals surface area contributed by atoms with Crippen molar-refractivity contribution in [3.05, 3.63) is 18.0 Å². The molecule has 1 aromatic rings. The molecule has 88 valence electrons. The minimum absolute atomic E-state index is 0.521. The molecule has 0 aromatic carbocycles. The van der Waals surface area contributed by atoms with Crippen LogP contribution in [0.25, 0.3) is 0 Å². The normalized spacial score (nSPS) is 33.9. The Morgan fingerprint density at radius 1 is 1.44 bits per heavy atom. The van der Waals surface area contributed by atoms with Gasteiger partial charge < -0.3 is 10.1 Å². The van der Waals surface area contributed by atoms with Crippen LogP contribution in [0.1, 0.15) is 31.4 Å². The number of rotatable bonds is 3. The second-order valence-corrected chi connectivity index (χ2v) is 4.86. The molecular weight excluding hydrogens is 202 g/mol. The van der Waals surface area contributed by atoms with Crippen LogP contribution in [0.2, 0.25) is 0 Å². The summed E-state index contributed by atoms with van der Waals surface area (Å²) in [5, 5.41) is 10.6. The molecule has 1 saturated heterocycles. The standard InChI is InChI=1S/C12H19N3O/c1-2-11(10-5-7-16-12(10)3-1)13-8-9-4-6-14-15-9/h4,6,10-13H,1-3,5,7-8H2,(H,14,15). The second kappa shape index (κ2) is 4.55. The minimum atomic E-state index is 0.521. The molecule has 4 heteroatoms. The molecule has 2 fully saturated rings. The highest BCUT2D eigenvalue weighted by Crippen LogP contribution is 2.34. The van der Waals surface area contributed by atoms with Crippen molar-refractivity contribution in [2.24, 2.45) is 5.92 Å². The Morgan fingerprint density at radius 3 is 3.31 bits per heavy atom. The molecule has 16 heavy (non-hydrogen) atoms.